The maximum atomic E-state index is 13.0. The summed E-state index contributed by atoms with van der Waals surface area (Å²) < 4.78 is 29.3. The van der Waals surface area contributed by atoms with Crippen LogP contribution in [0.3, 0.4) is 0 Å². The van der Waals surface area contributed by atoms with Gasteiger partial charge in [0.2, 0.25) is 17.8 Å². The molecule has 0 bridgehead atoms. The Bertz CT molecular complexity index is 1510. The normalized spacial score (nSPS) is 12.0. The molecule has 0 spiro atoms. The summed E-state index contributed by atoms with van der Waals surface area (Å²) >= 11 is 12.9. The molecular formula is C33H49Cl2N7O8S. The van der Waals surface area contributed by atoms with Gasteiger partial charge < -0.3 is 40.1 Å². The Hall–Kier alpha value is -2.96. The Balaban J connectivity index is 1.30. The lowest BCUT2D eigenvalue weighted by Crippen LogP contribution is -2.48. The standard InChI is InChI=1S/C33H49Cl2N7O8S/c1-24(43)38-27(23-51-33-39-28-29(40-32(36)41-31(28)45)42(33)22-25-6-8-26(35)9-7-25)30(44)37-11-13-47-15-17-49-19-21-50-20-18-48-16-14-46-12-5-3-2-4-10-34/h6-9,27H,2-5,10-23H2,1H3,(H,37,44)(H,38,43)(H3,36,40,41,45)/t27-/m1/s1. The van der Waals surface area contributed by atoms with E-state index in [1.165, 1.54) is 18.7 Å². The first-order chi connectivity index (χ1) is 24.8. The van der Waals surface area contributed by atoms with E-state index in [0.29, 0.717) is 75.2 Å². The average Bonchev–Trinajstić information content (AvgIpc) is 3.44. The second-order valence-corrected chi connectivity index (χ2v) is 13.1. The maximum Gasteiger partial charge on any atom is 0.280 e. The van der Waals surface area contributed by atoms with Crippen LogP contribution in [0.5, 0.6) is 0 Å². The van der Waals surface area contributed by atoms with Gasteiger partial charge in [0.1, 0.15) is 6.04 Å². The zero-order valence-corrected chi connectivity index (χ0v) is 31.3. The van der Waals surface area contributed by atoms with Gasteiger partial charge in [0, 0.05) is 36.7 Å². The fraction of sp³-hybridized carbons (Fsp3) is 0.606. The van der Waals surface area contributed by atoms with E-state index in [9.17, 15) is 14.4 Å². The molecule has 0 unspecified atom stereocenters. The lowest BCUT2D eigenvalue weighted by atomic mass is 10.2. The number of nitrogens with zero attached hydrogens (tertiary/aromatic N) is 3. The van der Waals surface area contributed by atoms with Gasteiger partial charge in [-0.15, -0.1) is 11.6 Å². The van der Waals surface area contributed by atoms with Gasteiger partial charge >= 0.3 is 0 Å². The molecule has 2 heterocycles. The van der Waals surface area contributed by atoms with Gasteiger partial charge in [-0.1, -0.05) is 48.3 Å². The molecule has 0 aliphatic heterocycles. The number of H-pyrrole nitrogens is 1. The van der Waals surface area contributed by atoms with Crippen molar-refractivity contribution in [2.45, 2.75) is 50.4 Å². The van der Waals surface area contributed by atoms with Gasteiger partial charge in [-0.2, -0.15) is 4.98 Å². The van der Waals surface area contributed by atoms with Gasteiger partial charge in [-0.25, -0.2) is 4.98 Å². The third-order valence-electron chi connectivity index (χ3n) is 7.12. The minimum absolute atomic E-state index is 0.0468. The molecule has 0 fully saturated rings. The topological polar surface area (TPSA) is 194 Å². The summed E-state index contributed by atoms with van der Waals surface area (Å²) in [7, 11) is 0. The largest absolute Gasteiger partial charge is 0.379 e. The molecule has 0 aliphatic rings. The quantitative estimate of drug-likeness (QED) is 0.0480. The highest BCUT2D eigenvalue weighted by atomic mass is 35.5. The number of carbonyl (C=O) groups excluding carboxylic acids is 2. The molecule has 3 rings (SSSR count). The number of hydrogen-bond donors (Lipinski definition) is 4. The van der Waals surface area contributed by atoms with E-state index >= 15 is 0 Å². The van der Waals surface area contributed by atoms with E-state index < -0.39 is 11.6 Å². The van der Waals surface area contributed by atoms with Crippen LogP contribution in [-0.2, 0) is 39.8 Å². The number of carbonyl (C=O) groups is 2. The number of aromatic nitrogens is 4. The van der Waals surface area contributed by atoms with Crippen molar-refractivity contribution >= 4 is 63.9 Å². The molecule has 3 aromatic rings. The van der Waals surface area contributed by atoms with Crippen LogP contribution in [0.15, 0.2) is 34.2 Å². The maximum absolute atomic E-state index is 13.0. The summed E-state index contributed by atoms with van der Waals surface area (Å²) in [6.45, 7) is 6.57. The Labute approximate surface area is 311 Å². The predicted octanol–water partition coefficient (Wildman–Crippen LogP) is 3.00. The molecule has 0 aliphatic carbocycles. The highest BCUT2D eigenvalue weighted by molar-refractivity contribution is 7.99. The number of nitrogens with one attached hydrogen (secondary N) is 3. The third kappa shape index (κ3) is 16.9. The van der Waals surface area contributed by atoms with Crippen LogP contribution in [0.1, 0.15) is 38.2 Å². The number of imidazole rings is 1. The van der Waals surface area contributed by atoms with Gasteiger partial charge in [0.25, 0.3) is 5.56 Å². The van der Waals surface area contributed by atoms with E-state index in [1.807, 2.05) is 12.1 Å². The van der Waals surface area contributed by atoms with Gasteiger partial charge in [-0.3, -0.25) is 23.9 Å². The number of anilines is 1. The first kappa shape index (κ1) is 42.5. The molecule has 18 heteroatoms. The third-order valence-corrected chi connectivity index (χ3v) is 8.71. The summed E-state index contributed by atoms with van der Waals surface area (Å²) in [5.74, 6) is 0.0510. The Kier molecular flexibility index (Phi) is 20.9. The predicted molar refractivity (Wildman–Crippen MR) is 198 cm³/mol. The van der Waals surface area contributed by atoms with Crippen LogP contribution >= 0.6 is 35.0 Å². The Morgan fingerprint density at radius 1 is 0.882 bits per heavy atom. The fourth-order valence-electron chi connectivity index (χ4n) is 4.62. The summed E-state index contributed by atoms with van der Waals surface area (Å²) in [4.78, 5) is 48.7. The summed E-state index contributed by atoms with van der Waals surface area (Å²) in [5, 5.41) is 6.47. The highest BCUT2D eigenvalue weighted by Gasteiger charge is 2.23. The second-order valence-electron chi connectivity index (χ2n) is 11.3. The van der Waals surface area contributed by atoms with Crippen molar-refractivity contribution in [2.75, 3.05) is 90.0 Å². The van der Waals surface area contributed by atoms with Crippen LogP contribution in [0.2, 0.25) is 5.02 Å². The second kappa shape index (κ2) is 25.1. The number of ether oxygens (including phenoxy) is 5. The molecule has 15 nitrogen and oxygen atoms in total. The number of alkyl halides is 1. The number of nitrogen functional groups attached to an aromatic ring is 1. The fourth-order valence-corrected chi connectivity index (χ4v) is 5.95. The van der Waals surface area contributed by atoms with Crippen molar-refractivity contribution in [1.29, 1.82) is 0 Å². The lowest BCUT2D eigenvalue weighted by molar-refractivity contribution is -0.127. The van der Waals surface area contributed by atoms with Crippen LogP contribution in [0.4, 0.5) is 5.95 Å². The molecule has 51 heavy (non-hydrogen) atoms. The first-order valence-electron chi connectivity index (χ1n) is 16.9. The molecule has 0 saturated heterocycles. The molecule has 1 aromatic carbocycles. The zero-order chi connectivity index (χ0) is 36.7. The minimum atomic E-state index is -0.879. The molecule has 0 saturated carbocycles. The van der Waals surface area contributed by atoms with Crippen molar-refractivity contribution in [3.8, 4) is 0 Å². The number of thioether (sulfide) groups is 1. The monoisotopic (exact) mass is 773 g/mol. The molecule has 1 atom stereocenters. The van der Waals surface area contributed by atoms with Gasteiger partial charge in [0.15, 0.2) is 16.3 Å². The van der Waals surface area contributed by atoms with Crippen molar-refractivity contribution in [2.24, 2.45) is 0 Å². The average molecular weight is 775 g/mol. The smallest absolute Gasteiger partial charge is 0.280 e. The van der Waals surface area contributed by atoms with Gasteiger partial charge in [-0.05, 0) is 30.5 Å². The number of aromatic amines is 1. The molecule has 2 aromatic heterocycles. The van der Waals surface area contributed by atoms with E-state index in [4.69, 9.17) is 52.6 Å². The van der Waals surface area contributed by atoms with E-state index in [-0.39, 0.29) is 42.2 Å². The minimum Gasteiger partial charge on any atom is -0.379 e. The summed E-state index contributed by atoms with van der Waals surface area (Å²) in [6.07, 6.45) is 4.38. The number of nitrogens with two attached hydrogens (primary N) is 1. The Morgan fingerprint density at radius 2 is 1.47 bits per heavy atom. The van der Waals surface area contributed by atoms with Crippen LogP contribution < -0.4 is 21.9 Å². The highest BCUT2D eigenvalue weighted by Crippen LogP contribution is 2.24. The zero-order valence-electron chi connectivity index (χ0n) is 29.0. The molecule has 2 amide bonds. The molecule has 284 valence electrons. The lowest BCUT2D eigenvalue weighted by Gasteiger charge is -2.17. The number of fused-ring (bicyclic) bond motifs is 1. The number of amides is 2. The van der Waals surface area contributed by atoms with Crippen molar-refractivity contribution in [3.63, 3.8) is 0 Å². The number of unbranched alkanes of at least 4 members (excludes halogenated alkanes) is 3. The number of halogens is 2. The summed E-state index contributed by atoms with van der Waals surface area (Å²) in [5.41, 5.74) is 6.62. The SMILES string of the molecule is CC(=O)N[C@H](CSc1nc2c(=O)[nH]c(N)nc2n1Cc1ccc(Cl)cc1)C(=O)NCCOCCOCCOCCOCCOCCCCCCCl. The molecule has 0 radical (unpaired) electrons. The molecular weight excluding hydrogens is 725 g/mol. The first-order valence-corrected chi connectivity index (χ1v) is 18.8. The molecule has 5 N–H and O–H groups in total. The Morgan fingerprint density at radius 3 is 2.08 bits per heavy atom. The summed E-state index contributed by atoms with van der Waals surface area (Å²) in [6, 6.07) is 6.33. The van der Waals surface area contributed by atoms with E-state index in [1.54, 1.807) is 16.7 Å². The van der Waals surface area contributed by atoms with Crippen molar-refractivity contribution in [1.82, 2.24) is 30.2 Å². The van der Waals surface area contributed by atoms with Crippen molar-refractivity contribution in [3.05, 3.63) is 45.2 Å². The van der Waals surface area contributed by atoms with E-state index in [0.717, 1.165) is 43.7 Å². The van der Waals surface area contributed by atoms with Crippen LogP contribution in [0, 0.1) is 0 Å². The van der Waals surface area contributed by atoms with Crippen molar-refractivity contribution < 1.29 is 33.3 Å². The number of benzene rings is 1. The van der Waals surface area contributed by atoms with Gasteiger partial charge in [0.05, 0.1) is 66.0 Å². The number of hydrogen-bond acceptors (Lipinski definition) is 12. The van der Waals surface area contributed by atoms with Crippen LogP contribution in [-0.4, -0.2) is 122 Å². The van der Waals surface area contributed by atoms with E-state index in [2.05, 4.69) is 25.6 Å². The number of rotatable bonds is 28. The van der Waals surface area contributed by atoms with Crippen LogP contribution in [0.25, 0.3) is 11.2 Å².